The van der Waals surface area contributed by atoms with E-state index in [1.54, 1.807) is 19.2 Å². The predicted octanol–water partition coefficient (Wildman–Crippen LogP) is 6.41. The molecule has 0 aliphatic heterocycles. The molecule has 4 aromatic carbocycles. The molecule has 1 N–H and O–H groups in total. The van der Waals surface area contributed by atoms with Gasteiger partial charge in [0, 0.05) is 0 Å². The van der Waals surface area contributed by atoms with Crippen LogP contribution in [-0.2, 0) is 0 Å². The Bertz CT molecular complexity index is 1090. The van der Waals surface area contributed by atoms with Crippen LogP contribution in [0.4, 0.5) is 0 Å². The molecule has 2 nitrogen and oxygen atoms in total. The minimum atomic E-state index is 0.256. The molecule has 0 atom stereocenters. The highest BCUT2D eigenvalue weighted by molar-refractivity contribution is 6.04. The first-order chi connectivity index (χ1) is 14.3. The van der Waals surface area contributed by atoms with E-state index < -0.39 is 0 Å². The molecule has 0 aliphatic carbocycles. The number of methoxy groups -OCH3 is 1. The summed E-state index contributed by atoms with van der Waals surface area (Å²) in [4.78, 5) is 0. The van der Waals surface area contributed by atoms with Gasteiger partial charge in [-0.2, -0.15) is 0 Å². The second-order valence-corrected chi connectivity index (χ2v) is 6.76. The monoisotopic (exact) mass is 378 g/mol. The summed E-state index contributed by atoms with van der Waals surface area (Å²) >= 11 is 0. The number of hydrogen-bond donors (Lipinski definition) is 1. The zero-order chi connectivity index (χ0) is 20.1. The lowest BCUT2D eigenvalue weighted by Gasteiger charge is -2.18. The zero-order valence-corrected chi connectivity index (χ0v) is 16.2. The Morgan fingerprint density at radius 1 is 0.517 bits per heavy atom. The Kier molecular flexibility index (Phi) is 5.44. The number of ether oxygens (including phenoxy) is 1. The molecular formula is C27H22O2. The van der Waals surface area contributed by atoms with Crippen molar-refractivity contribution in [1.29, 1.82) is 0 Å². The molecule has 2 heteroatoms. The lowest BCUT2D eigenvalue weighted by Crippen LogP contribution is -1.97. The van der Waals surface area contributed by atoms with Gasteiger partial charge in [0.15, 0.2) is 0 Å². The minimum absolute atomic E-state index is 0.256. The lowest BCUT2D eigenvalue weighted by molar-refractivity contribution is 0.415. The van der Waals surface area contributed by atoms with E-state index in [4.69, 9.17) is 4.74 Å². The van der Waals surface area contributed by atoms with Gasteiger partial charge in [0.1, 0.15) is 11.5 Å². The number of aromatic hydroxyl groups is 1. The van der Waals surface area contributed by atoms with Crippen molar-refractivity contribution in [3.8, 4) is 11.5 Å². The second kappa shape index (κ2) is 8.49. The topological polar surface area (TPSA) is 29.5 Å². The summed E-state index contributed by atoms with van der Waals surface area (Å²) in [5, 5.41) is 9.81. The summed E-state index contributed by atoms with van der Waals surface area (Å²) in [5.41, 5.74) is 6.64. The lowest BCUT2D eigenvalue weighted by atomic mass is 9.86. The third kappa shape index (κ3) is 4.07. The summed E-state index contributed by atoms with van der Waals surface area (Å²) in [6, 6.07) is 36.3. The first kappa shape index (κ1) is 18.6. The van der Waals surface area contributed by atoms with Gasteiger partial charge < -0.3 is 9.84 Å². The molecule has 0 saturated carbocycles. The van der Waals surface area contributed by atoms with Crippen LogP contribution >= 0.6 is 0 Å². The molecular weight excluding hydrogens is 356 g/mol. The summed E-state index contributed by atoms with van der Waals surface area (Å²) in [7, 11) is 1.68. The van der Waals surface area contributed by atoms with E-state index in [1.807, 2.05) is 48.5 Å². The van der Waals surface area contributed by atoms with Crippen LogP contribution in [0.2, 0.25) is 0 Å². The molecule has 0 radical (unpaired) electrons. The minimum Gasteiger partial charge on any atom is -0.508 e. The quantitative estimate of drug-likeness (QED) is 0.407. The zero-order valence-electron chi connectivity index (χ0n) is 16.2. The van der Waals surface area contributed by atoms with E-state index in [0.29, 0.717) is 0 Å². The Hall–Kier alpha value is -3.78. The predicted molar refractivity (Wildman–Crippen MR) is 119 cm³/mol. The van der Waals surface area contributed by atoms with Crippen molar-refractivity contribution < 1.29 is 9.84 Å². The number of phenolic OH excluding ortho intramolecular Hbond substituents is 1. The number of phenols is 1. The normalized spacial score (nSPS) is 11.6. The van der Waals surface area contributed by atoms with Crippen LogP contribution in [-0.4, -0.2) is 12.2 Å². The Balaban J connectivity index is 2.05. The van der Waals surface area contributed by atoms with Crippen LogP contribution in [0, 0.1) is 0 Å². The van der Waals surface area contributed by atoms with Gasteiger partial charge in [-0.25, -0.2) is 0 Å². The van der Waals surface area contributed by atoms with Crippen LogP contribution in [0.5, 0.6) is 11.5 Å². The molecule has 0 fully saturated rings. The molecule has 0 amide bonds. The molecule has 0 aliphatic rings. The van der Waals surface area contributed by atoms with Crippen molar-refractivity contribution >= 4 is 11.1 Å². The average Bonchev–Trinajstić information content (AvgIpc) is 2.79. The maximum Gasteiger partial charge on any atom is 0.118 e. The summed E-state index contributed by atoms with van der Waals surface area (Å²) in [6.45, 7) is 0. The van der Waals surface area contributed by atoms with Crippen LogP contribution in [0.1, 0.15) is 22.3 Å². The van der Waals surface area contributed by atoms with Gasteiger partial charge in [0.05, 0.1) is 7.11 Å². The van der Waals surface area contributed by atoms with Crippen molar-refractivity contribution in [1.82, 2.24) is 0 Å². The molecule has 0 spiro atoms. The van der Waals surface area contributed by atoms with E-state index in [-0.39, 0.29) is 5.75 Å². The van der Waals surface area contributed by atoms with Crippen LogP contribution < -0.4 is 4.74 Å². The van der Waals surface area contributed by atoms with Gasteiger partial charge in [-0.1, -0.05) is 84.9 Å². The highest BCUT2D eigenvalue weighted by Crippen LogP contribution is 2.37. The smallest absolute Gasteiger partial charge is 0.118 e. The standard InChI is InChI=1S/C27H22O2/c1-29-25-18-14-23(15-19-25)27(21-10-6-3-7-11-21)26(20-8-4-2-5-9-20)22-12-16-24(28)17-13-22/h2-19,28H,1H3. The molecule has 0 bridgehead atoms. The van der Waals surface area contributed by atoms with E-state index in [1.165, 1.54) is 0 Å². The van der Waals surface area contributed by atoms with E-state index in [2.05, 4.69) is 48.5 Å². The molecule has 0 saturated heterocycles. The average molecular weight is 378 g/mol. The largest absolute Gasteiger partial charge is 0.508 e. The van der Waals surface area contributed by atoms with Crippen LogP contribution in [0.25, 0.3) is 11.1 Å². The van der Waals surface area contributed by atoms with Gasteiger partial charge in [-0.15, -0.1) is 0 Å². The van der Waals surface area contributed by atoms with Gasteiger partial charge in [0.2, 0.25) is 0 Å². The van der Waals surface area contributed by atoms with Crippen molar-refractivity contribution in [2.75, 3.05) is 7.11 Å². The Morgan fingerprint density at radius 2 is 0.897 bits per heavy atom. The van der Waals surface area contributed by atoms with Gasteiger partial charge in [0.25, 0.3) is 0 Å². The maximum atomic E-state index is 9.81. The number of benzene rings is 4. The fourth-order valence-corrected chi connectivity index (χ4v) is 3.51. The third-order valence-corrected chi connectivity index (χ3v) is 4.91. The second-order valence-electron chi connectivity index (χ2n) is 6.76. The summed E-state index contributed by atoms with van der Waals surface area (Å²) in [6.07, 6.45) is 0. The van der Waals surface area contributed by atoms with Crippen molar-refractivity contribution in [3.05, 3.63) is 131 Å². The number of rotatable bonds is 5. The third-order valence-electron chi connectivity index (χ3n) is 4.91. The van der Waals surface area contributed by atoms with Crippen molar-refractivity contribution in [2.24, 2.45) is 0 Å². The first-order valence-electron chi connectivity index (χ1n) is 9.55. The SMILES string of the molecule is COc1ccc(C(=C(c2ccccc2)c2ccc(O)cc2)c2ccccc2)cc1. The maximum absolute atomic E-state index is 9.81. The molecule has 4 rings (SSSR count). The van der Waals surface area contributed by atoms with Crippen LogP contribution in [0.15, 0.2) is 109 Å². The molecule has 142 valence electrons. The first-order valence-corrected chi connectivity index (χ1v) is 9.55. The highest BCUT2D eigenvalue weighted by atomic mass is 16.5. The van der Waals surface area contributed by atoms with Crippen molar-refractivity contribution in [3.63, 3.8) is 0 Å². The Morgan fingerprint density at radius 3 is 1.31 bits per heavy atom. The molecule has 29 heavy (non-hydrogen) atoms. The van der Waals surface area contributed by atoms with E-state index in [9.17, 15) is 5.11 Å². The summed E-state index contributed by atoms with van der Waals surface area (Å²) in [5.74, 6) is 1.08. The van der Waals surface area contributed by atoms with E-state index >= 15 is 0 Å². The molecule has 4 aromatic rings. The van der Waals surface area contributed by atoms with Crippen molar-refractivity contribution in [2.45, 2.75) is 0 Å². The number of hydrogen-bond acceptors (Lipinski definition) is 2. The van der Waals surface area contributed by atoms with Crippen LogP contribution in [0.3, 0.4) is 0 Å². The van der Waals surface area contributed by atoms with Gasteiger partial charge in [-0.05, 0) is 57.7 Å². The molecule has 0 unspecified atom stereocenters. The fourth-order valence-electron chi connectivity index (χ4n) is 3.51. The van der Waals surface area contributed by atoms with Gasteiger partial charge in [-0.3, -0.25) is 0 Å². The highest BCUT2D eigenvalue weighted by Gasteiger charge is 2.16. The van der Waals surface area contributed by atoms with E-state index in [0.717, 1.165) is 39.1 Å². The van der Waals surface area contributed by atoms with Gasteiger partial charge >= 0.3 is 0 Å². The molecule has 0 aromatic heterocycles. The summed E-state index contributed by atoms with van der Waals surface area (Å²) < 4.78 is 5.35. The fraction of sp³-hybridized carbons (Fsp3) is 0.0370. The Labute approximate surface area is 171 Å². The molecule has 0 heterocycles.